The molecule has 15 heteroatoms. The number of hydrogen-bond donors (Lipinski definition) is 3. The molecule has 0 fully saturated rings. The van der Waals surface area contributed by atoms with Crippen molar-refractivity contribution in [1.82, 2.24) is 14.5 Å². The Hall–Kier alpha value is -4.17. The summed E-state index contributed by atoms with van der Waals surface area (Å²) in [6.45, 7) is -0.967. The van der Waals surface area contributed by atoms with Crippen molar-refractivity contribution in [2.24, 2.45) is 7.05 Å². The van der Waals surface area contributed by atoms with Crippen LogP contribution in [0, 0.1) is 17.0 Å². The van der Waals surface area contributed by atoms with Crippen molar-refractivity contribution in [3.05, 3.63) is 92.6 Å². The highest BCUT2D eigenvalue weighted by atomic mass is 35.5. The quantitative estimate of drug-likeness (QED) is 0.167. The molecule has 0 aliphatic rings. The molecule has 0 spiro atoms. The number of nitrogens with zero attached hydrogens (tertiary/aromatic N) is 2. The molecule has 3 N–H and O–H groups in total. The van der Waals surface area contributed by atoms with Crippen molar-refractivity contribution in [3.63, 3.8) is 0 Å². The highest BCUT2D eigenvalue weighted by Gasteiger charge is 2.33. The van der Waals surface area contributed by atoms with Crippen LogP contribution < -0.4 is 16.3 Å². The normalized spacial score (nSPS) is 12.6. The van der Waals surface area contributed by atoms with Gasteiger partial charge in [0.1, 0.15) is 11.6 Å². The van der Waals surface area contributed by atoms with E-state index in [1.165, 1.54) is 20.2 Å². The third-order valence-electron chi connectivity index (χ3n) is 6.58. The lowest BCUT2D eigenvalue weighted by Gasteiger charge is -2.24. The van der Waals surface area contributed by atoms with Crippen LogP contribution in [0.25, 0.3) is 11.0 Å². The van der Waals surface area contributed by atoms with Crippen LogP contribution in [0.15, 0.2) is 42.5 Å². The SMILES string of the molecule is CNC(c1cc(F)ccc1Cl)c1c(NC(=O)c2cc(F)cc(C(F)(F)F)c2)cc2c(c1C=O)n(C)c(=N)n2CC(F)F. The number of aldehydes is 1. The second-order valence-electron chi connectivity index (χ2n) is 9.19. The van der Waals surface area contributed by atoms with Gasteiger partial charge >= 0.3 is 6.18 Å². The van der Waals surface area contributed by atoms with E-state index in [9.17, 15) is 40.3 Å². The Morgan fingerprint density at radius 3 is 2.38 bits per heavy atom. The number of alkyl halides is 5. The minimum Gasteiger partial charge on any atom is -0.322 e. The largest absolute Gasteiger partial charge is 0.416 e. The van der Waals surface area contributed by atoms with Crippen LogP contribution in [-0.2, 0) is 19.8 Å². The summed E-state index contributed by atoms with van der Waals surface area (Å²) in [7, 11) is 2.76. The number of halogens is 8. The minimum absolute atomic E-state index is 0.00142. The average Bonchev–Trinajstić information content (AvgIpc) is 3.14. The van der Waals surface area contributed by atoms with Gasteiger partial charge in [-0.25, -0.2) is 17.6 Å². The van der Waals surface area contributed by atoms with Gasteiger partial charge in [-0.1, -0.05) is 11.6 Å². The zero-order chi connectivity index (χ0) is 31.1. The van der Waals surface area contributed by atoms with Crippen LogP contribution in [-0.4, -0.2) is 34.8 Å². The number of rotatable bonds is 8. The van der Waals surface area contributed by atoms with E-state index in [1.807, 2.05) is 0 Å². The van der Waals surface area contributed by atoms with Crippen molar-refractivity contribution in [1.29, 1.82) is 5.41 Å². The summed E-state index contributed by atoms with van der Waals surface area (Å²) in [6, 6.07) is 4.53. The molecule has 7 nitrogen and oxygen atoms in total. The molecular formula is C27H21ClF7N5O2. The van der Waals surface area contributed by atoms with E-state index in [4.69, 9.17) is 17.0 Å². The molecule has 0 saturated heterocycles. The molecule has 3 aromatic carbocycles. The van der Waals surface area contributed by atoms with E-state index in [-0.39, 0.29) is 44.5 Å². The molecule has 0 aliphatic heterocycles. The van der Waals surface area contributed by atoms with Crippen molar-refractivity contribution < 1.29 is 40.3 Å². The van der Waals surface area contributed by atoms with Gasteiger partial charge in [0.25, 0.3) is 12.3 Å². The third-order valence-corrected chi connectivity index (χ3v) is 6.92. The van der Waals surface area contributed by atoms with E-state index in [2.05, 4.69) is 10.6 Å². The maximum Gasteiger partial charge on any atom is 0.416 e. The van der Waals surface area contributed by atoms with E-state index in [0.717, 1.165) is 27.3 Å². The lowest BCUT2D eigenvalue weighted by atomic mass is 9.91. The molecule has 1 unspecified atom stereocenters. The first kappa shape index (κ1) is 30.8. The molecule has 1 aromatic heterocycles. The standard InChI is InChI=1S/C27H21ClF7N5O2/c1-37-23(16-8-14(29)3-4-18(16)28)22-17(11-41)24-20(40(10-21(31)32)26(36)39(24)2)9-19(22)38-25(42)12-5-13(27(33,34)35)7-15(30)6-12/h3-9,11,21,23,36-37H,10H2,1-2H3,(H,38,42). The topological polar surface area (TPSA) is 91.9 Å². The first-order valence-corrected chi connectivity index (χ1v) is 12.4. The minimum atomic E-state index is -4.98. The van der Waals surface area contributed by atoms with Crippen LogP contribution in [0.4, 0.5) is 36.4 Å². The molecule has 0 radical (unpaired) electrons. The maximum absolute atomic E-state index is 14.3. The Bertz CT molecular complexity index is 1760. The van der Waals surface area contributed by atoms with Gasteiger partial charge in [-0.15, -0.1) is 0 Å². The van der Waals surface area contributed by atoms with Gasteiger partial charge in [0.15, 0.2) is 6.29 Å². The number of imidazole rings is 1. The summed E-state index contributed by atoms with van der Waals surface area (Å²) in [5, 5.41) is 13.6. The molecule has 1 heterocycles. The fourth-order valence-corrected chi connectivity index (χ4v) is 5.01. The number of fused-ring (bicyclic) bond motifs is 1. The molecule has 42 heavy (non-hydrogen) atoms. The van der Waals surface area contributed by atoms with Crippen molar-refractivity contribution in [2.45, 2.75) is 25.2 Å². The van der Waals surface area contributed by atoms with E-state index in [1.54, 1.807) is 0 Å². The summed E-state index contributed by atoms with van der Waals surface area (Å²) < 4.78 is 97.2. The van der Waals surface area contributed by atoms with Crippen molar-refractivity contribution >= 4 is 40.5 Å². The molecule has 1 amide bonds. The molecule has 0 saturated carbocycles. The fraction of sp³-hybridized carbons (Fsp3) is 0.222. The van der Waals surface area contributed by atoms with Crippen LogP contribution in [0.2, 0.25) is 5.02 Å². The van der Waals surface area contributed by atoms with E-state index in [0.29, 0.717) is 18.4 Å². The zero-order valence-corrected chi connectivity index (χ0v) is 22.5. The Kier molecular flexibility index (Phi) is 8.51. The molecule has 0 aliphatic carbocycles. The zero-order valence-electron chi connectivity index (χ0n) is 21.7. The maximum atomic E-state index is 14.3. The Morgan fingerprint density at radius 1 is 1.10 bits per heavy atom. The smallest absolute Gasteiger partial charge is 0.322 e. The summed E-state index contributed by atoms with van der Waals surface area (Å²) in [5.41, 5.74) is -3.19. The predicted octanol–water partition coefficient (Wildman–Crippen LogP) is 6.05. The van der Waals surface area contributed by atoms with Gasteiger partial charge in [0, 0.05) is 34.4 Å². The number of aromatic nitrogens is 2. The molecule has 1 atom stereocenters. The number of hydrogen-bond acceptors (Lipinski definition) is 4. The first-order chi connectivity index (χ1) is 19.7. The number of carbonyl (C=O) groups excluding carboxylic acids is 2. The Labute approximate surface area is 238 Å². The highest BCUT2D eigenvalue weighted by molar-refractivity contribution is 6.31. The van der Waals surface area contributed by atoms with Gasteiger partial charge < -0.3 is 19.8 Å². The van der Waals surface area contributed by atoms with Crippen LogP contribution in [0.1, 0.15) is 43.4 Å². The first-order valence-electron chi connectivity index (χ1n) is 12.0. The van der Waals surface area contributed by atoms with Crippen LogP contribution in [0.3, 0.4) is 0 Å². The highest BCUT2D eigenvalue weighted by Crippen LogP contribution is 2.39. The number of anilines is 1. The van der Waals surface area contributed by atoms with Crippen molar-refractivity contribution in [2.75, 3.05) is 12.4 Å². The number of nitrogens with one attached hydrogen (secondary N) is 3. The second-order valence-corrected chi connectivity index (χ2v) is 9.60. The summed E-state index contributed by atoms with van der Waals surface area (Å²) >= 11 is 6.33. The molecule has 4 aromatic rings. The van der Waals surface area contributed by atoms with Crippen LogP contribution >= 0.6 is 11.6 Å². The monoisotopic (exact) mass is 615 g/mol. The summed E-state index contributed by atoms with van der Waals surface area (Å²) in [6.07, 6.45) is -7.57. The average molecular weight is 616 g/mol. The van der Waals surface area contributed by atoms with Gasteiger partial charge in [0.2, 0.25) is 5.62 Å². The molecule has 222 valence electrons. The molecule has 0 bridgehead atoms. The number of aryl methyl sites for hydroxylation is 1. The second kappa shape index (κ2) is 11.6. The number of benzene rings is 3. The molecule has 4 rings (SSSR count). The fourth-order valence-electron chi connectivity index (χ4n) is 4.78. The molecular weight excluding hydrogens is 595 g/mol. The summed E-state index contributed by atoms with van der Waals surface area (Å²) in [5.74, 6) is -3.30. The lowest BCUT2D eigenvalue weighted by molar-refractivity contribution is -0.137. The van der Waals surface area contributed by atoms with E-state index >= 15 is 0 Å². The van der Waals surface area contributed by atoms with Gasteiger partial charge in [-0.3, -0.25) is 15.0 Å². The summed E-state index contributed by atoms with van der Waals surface area (Å²) in [4.78, 5) is 25.8. The Balaban J connectivity index is 2.04. The number of carbonyl (C=O) groups is 2. The predicted molar refractivity (Wildman–Crippen MR) is 140 cm³/mol. The van der Waals surface area contributed by atoms with Gasteiger partial charge in [-0.2, -0.15) is 13.2 Å². The van der Waals surface area contributed by atoms with Crippen LogP contribution in [0.5, 0.6) is 0 Å². The van der Waals surface area contributed by atoms with Gasteiger partial charge in [-0.05, 0) is 55.1 Å². The van der Waals surface area contributed by atoms with E-state index < -0.39 is 59.5 Å². The van der Waals surface area contributed by atoms with Crippen molar-refractivity contribution in [3.8, 4) is 0 Å². The lowest BCUT2D eigenvalue weighted by Crippen LogP contribution is -2.25. The Morgan fingerprint density at radius 2 is 1.79 bits per heavy atom. The van der Waals surface area contributed by atoms with Gasteiger partial charge in [0.05, 0.1) is 29.2 Å². The third kappa shape index (κ3) is 5.77. The number of amides is 1.